The molecule has 7 heteroatoms. The van der Waals surface area contributed by atoms with Crippen molar-refractivity contribution >= 4 is 44.6 Å². The third-order valence-corrected chi connectivity index (χ3v) is 16.4. The molecular weight excluding hydrogens is 1270 g/mol. The molecule has 1 aliphatic heterocycles. The van der Waals surface area contributed by atoms with Crippen LogP contribution in [0.1, 0.15) is 119 Å². The number of rotatable bonds is 11. The molecule has 12 aromatic rings. The molecule has 10 aromatic carbocycles. The smallest absolute Gasteiger partial charge is 0.143 e. The maximum absolute atomic E-state index is 9.35. The van der Waals surface area contributed by atoms with Crippen LogP contribution in [0.25, 0.3) is 72.1 Å². The third kappa shape index (κ3) is 12.0. The van der Waals surface area contributed by atoms with Crippen molar-refractivity contribution in [1.82, 2.24) is 9.55 Å². The van der Waals surface area contributed by atoms with E-state index in [2.05, 4.69) is 152 Å². The van der Waals surface area contributed by atoms with E-state index in [-0.39, 0.29) is 65.3 Å². The number of hydrogen-bond acceptors (Lipinski definition) is 5. The maximum Gasteiger partial charge on any atom is 0.143 e. The van der Waals surface area contributed by atoms with E-state index in [9.17, 15) is 5.48 Å². The standard InChI is InChI=1S/C82H75N4O2.Pt/c1-79(2,3)58-38-34-56(35-39-58)70-48-61(82(10,11)12)49-71(57-36-40-59(41-37-57)80(4,5)6)78(70)88-65-44-45-83-76(52-65)86-72-31-20-19-30-66(72)67-43-42-64(51-75(67)86)87-63-29-23-28-62(50-63)84-53-85(74-33-22-21-32-73(74)84)77-68(54-24-15-13-16-25-54)46-60(81(7,8)9)47-69(77)55-26-17-14-18-27-55;/h13-49,52-53H,1-12H3;/q-3;/i13D,14D,15D,16D,17D,18D,24D,25D,26D,27D;. The molecule has 0 aliphatic carbocycles. The zero-order valence-electron chi connectivity index (χ0n) is 62.2. The van der Waals surface area contributed by atoms with Gasteiger partial charge in [0.25, 0.3) is 0 Å². The van der Waals surface area contributed by atoms with E-state index in [0.29, 0.717) is 51.2 Å². The summed E-state index contributed by atoms with van der Waals surface area (Å²) in [5.41, 5.74) is 11.1. The molecule has 0 N–H and O–H groups in total. The summed E-state index contributed by atoms with van der Waals surface area (Å²) >= 11 is 0. The van der Waals surface area contributed by atoms with Crippen molar-refractivity contribution in [3.63, 3.8) is 0 Å². The second kappa shape index (κ2) is 23.5. The Bertz CT molecular complexity index is 4970. The molecule has 0 saturated heterocycles. The molecule has 0 amide bonds. The van der Waals surface area contributed by atoms with Crippen LogP contribution in [-0.4, -0.2) is 9.55 Å². The van der Waals surface area contributed by atoms with Crippen LogP contribution in [0, 0.1) is 18.8 Å². The van der Waals surface area contributed by atoms with E-state index in [1.165, 1.54) is 16.7 Å². The molecule has 1 aliphatic rings. The third-order valence-electron chi connectivity index (χ3n) is 16.4. The average molecular weight is 1350 g/mol. The molecule has 6 nitrogen and oxygen atoms in total. The number of nitrogens with zero attached hydrogens (tertiary/aromatic N) is 4. The average Bonchev–Trinajstić information content (AvgIpc) is 1.72. The molecular formula is C82H75N4O2Pt-3. The van der Waals surface area contributed by atoms with Gasteiger partial charge in [-0.05, 0) is 120 Å². The Hall–Kier alpha value is -8.96. The van der Waals surface area contributed by atoms with E-state index in [1.54, 1.807) is 36.0 Å². The zero-order valence-corrected chi connectivity index (χ0v) is 54.4. The quantitative estimate of drug-likeness (QED) is 0.121. The molecule has 0 spiro atoms. The summed E-state index contributed by atoms with van der Waals surface area (Å²) in [5.74, 6) is 2.64. The summed E-state index contributed by atoms with van der Waals surface area (Å²) < 4.78 is 106. The van der Waals surface area contributed by atoms with Crippen molar-refractivity contribution in [1.29, 1.82) is 0 Å². The van der Waals surface area contributed by atoms with E-state index >= 15 is 0 Å². The number of ether oxygens (including phenoxy) is 2. The molecule has 0 saturated carbocycles. The van der Waals surface area contributed by atoms with Crippen LogP contribution in [0.4, 0.5) is 22.7 Å². The normalized spacial score (nSPS) is 14.3. The molecule has 0 unspecified atom stereocenters. The Morgan fingerprint density at radius 2 is 0.944 bits per heavy atom. The van der Waals surface area contributed by atoms with Gasteiger partial charge in [-0.3, -0.25) is 0 Å². The summed E-state index contributed by atoms with van der Waals surface area (Å²) in [6.07, 6.45) is 1.77. The molecule has 13 rings (SSSR count). The Kier molecular flexibility index (Phi) is 12.9. The first-order valence-electron chi connectivity index (χ1n) is 34.8. The number of hydrogen-bond donors (Lipinski definition) is 0. The van der Waals surface area contributed by atoms with Crippen molar-refractivity contribution in [2.24, 2.45) is 0 Å². The topological polar surface area (TPSA) is 42.8 Å². The fourth-order valence-corrected chi connectivity index (χ4v) is 11.5. The van der Waals surface area contributed by atoms with E-state index < -0.39 is 65.8 Å². The largest absolute Gasteiger partial charge is 0.509 e. The molecule has 448 valence electrons. The van der Waals surface area contributed by atoms with Gasteiger partial charge in [0.2, 0.25) is 0 Å². The van der Waals surface area contributed by atoms with Gasteiger partial charge in [-0.25, -0.2) is 4.98 Å². The van der Waals surface area contributed by atoms with Crippen molar-refractivity contribution < 1.29 is 44.2 Å². The van der Waals surface area contributed by atoms with Crippen LogP contribution < -0.4 is 19.3 Å². The van der Waals surface area contributed by atoms with Crippen molar-refractivity contribution in [3.8, 4) is 73.3 Å². The van der Waals surface area contributed by atoms with Crippen LogP contribution in [-0.2, 0) is 42.7 Å². The maximum atomic E-state index is 9.35. The van der Waals surface area contributed by atoms with Crippen LogP contribution in [0.5, 0.6) is 23.0 Å². The van der Waals surface area contributed by atoms with E-state index in [0.717, 1.165) is 44.3 Å². The van der Waals surface area contributed by atoms with Gasteiger partial charge >= 0.3 is 0 Å². The van der Waals surface area contributed by atoms with Crippen molar-refractivity contribution in [2.45, 2.75) is 105 Å². The predicted octanol–water partition coefficient (Wildman–Crippen LogP) is 22.6. The summed E-state index contributed by atoms with van der Waals surface area (Å²) in [6, 6.07) is 56.5. The molecule has 0 atom stereocenters. The van der Waals surface area contributed by atoms with Gasteiger partial charge in [-0.2, -0.15) is 12.1 Å². The van der Waals surface area contributed by atoms with Gasteiger partial charge in [0, 0.05) is 89.7 Å². The van der Waals surface area contributed by atoms with Crippen molar-refractivity contribution in [2.75, 3.05) is 9.80 Å². The Morgan fingerprint density at radius 1 is 0.438 bits per heavy atom. The SMILES string of the molecule is [2H]c1c([2H])c([2H])c(-c2cc(C(C)(C)C)cc(-c3c([2H])c([2H])c([2H])c([2H])c3[2H])c2N2[CH-]N(c3[c-]c(Oc4[c-]c5c(cc4)c4ccccc4n5-c4cc(Oc5c(-c6ccc(C(C)(C)C)cc6)cc(C(C)(C)C)cc5-c5ccc(C(C)(C)C)cc5)ccn4)ccc3)c3ccccc32)c([2H])c1[2H].[Pt]. The Balaban J connectivity index is 0.00000931. The molecule has 0 radical (unpaired) electrons. The fourth-order valence-electron chi connectivity index (χ4n) is 11.5. The summed E-state index contributed by atoms with van der Waals surface area (Å²) in [4.78, 5) is 8.68. The predicted molar refractivity (Wildman–Crippen MR) is 367 cm³/mol. The number of pyridine rings is 1. The monoisotopic (exact) mass is 1350 g/mol. The number of anilines is 4. The van der Waals surface area contributed by atoms with Crippen LogP contribution in [0.2, 0.25) is 0 Å². The molecule has 0 bridgehead atoms. The number of benzene rings is 10. The second-order valence-corrected chi connectivity index (χ2v) is 26.7. The van der Waals surface area contributed by atoms with Crippen LogP contribution in [0.15, 0.2) is 230 Å². The Labute approximate surface area is 554 Å². The summed E-state index contributed by atoms with van der Waals surface area (Å²) in [6.45, 7) is 27.7. The molecule has 3 heterocycles. The van der Waals surface area contributed by atoms with E-state index in [4.69, 9.17) is 22.7 Å². The van der Waals surface area contributed by atoms with Gasteiger partial charge in [-0.1, -0.05) is 228 Å². The minimum Gasteiger partial charge on any atom is -0.509 e. The second-order valence-electron chi connectivity index (χ2n) is 26.7. The molecule has 2 aromatic heterocycles. The Morgan fingerprint density at radius 3 is 1.49 bits per heavy atom. The van der Waals surface area contributed by atoms with Crippen molar-refractivity contribution in [3.05, 3.63) is 271 Å². The number of para-hydroxylation sites is 3. The minimum atomic E-state index is -0.650. The minimum absolute atomic E-state index is 0. The summed E-state index contributed by atoms with van der Waals surface area (Å²) in [7, 11) is 0. The van der Waals surface area contributed by atoms with E-state index in [1.807, 2.05) is 98.5 Å². The number of aromatic nitrogens is 2. The van der Waals surface area contributed by atoms with Gasteiger partial charge in [-0.15, -0.1) is 48.1 Å². The number of fused-ring (bicyclic) bond motifs is 4. The summed E-state index contributed by atoms with van der Waals surface area (Å²) in [5, 5.41) is 1.90. The van der Waals surface area contributed by atoms with Gasteiger partial charge < -0.3 is 23.8 Å². The van der Waals surface area contributed by atoms with Gasteiger partial charge in [0.15, 0.2) is 0 Å². The van der Waals surface area contributed by atoms with Gasteiger partial charge in [0.05, 0.1) is 13.7 Å². The van der Waals surface area contributed by atoms with Gasteiger partial charge in [0.1, 0.15) is 17.3 Å². The fraction of sp³-hybridized carbons (Fsp3) is 0.195. The molecule has 89 heavy (non-hydrogen) atoms. The molecule has 0 fully saturated rings. The first-order valence-corrected chi connectivity index (χ1v) is 29.8. The van der Waals surface area contributed by atoms with Crippen LogP contribution >= 0.6 is 0 Å². The van der Waals surface area contributed by atoms with Crippen LogP contribution in [0.3, 0.4) is 0 Å². The first kappa shape index (κ1) is 49.0. The zero-order chi connectivity index (χ0) is 70.0. The first-order chi connectivity index (χ1) is 46.3.